The van der Waals surface area contributed by atoms with E-state index in [1.165, 1.54) is 17.7 Å². The molecule has 0 saturated carbocycles. The molecule has 23 heavy (non-hydrogen) atoms. The number of hydrogen-bond donors (Lipinski definition) is 1. The second kappa shape index (κ2) is 7.64. The van der Waals surface area contributed by atoms with Crippen LogP contribution in [0.3, 0.4) is 0 Å². The number of nitrogens with zero attached hydrogens (tertiary/aromatic N) is 2. The van der Waals surface area contributed by atoms with Crippen LogP contribution in [0.2, 0.25) is 0 Å². The number of thiophene rings is 1. The average Bonchev–Trinajstić information content (AvgIpc) is 3.20. The molecule has 1 N–H and O–H groups in total. The molecule has 3 atom stereocenters. The number of amides is 2. The summed E-state index contributed by atoms with van der Waals surface area (Å²) in [7, 11) is 0. The van der Waals surface area contributed by atoms with Crippen molar-refractivity contribution in [3.8, 4) is 0 Å². The van der Waals surface area contributed by atoms with Crippen molar-refractivity contribution in [2.24, 2.45) is 0 Å². The van der Waals surface area contributed by atoms with Crippen LogP contribution in [0.25, 0.3) is 0 Å². The average molecular weight is 337 g/mol. The number of rotatable bonds is 4. The Morgan fingerprint density at radius 2 is 2.04 bits per heavy atom. The summed E-state index contributed by atoms with van der Waals surface area (Å²) < 4.78 is 5.70. The Morgan fingerprint density at radius 3 is 2.65 bits per heavy atom. The monoisotopic (exact) mass is 337 g/mol. The van der Waals surface area contributed by atoms with Crippen LogP contribution < -0.4 is 5.32 Å². The van der Waals surface area contributed by atoms with Gasteiger partial charge in [0.25, 0.3) is 0 Å². The summed E-state index contributed by atoms with van der Waals surface area (Å²) in [5.41, 5.74) is 0. The fourth-order valence-corrected chi connectivity index (χ4v) is 4.44. The van der Waals surface area contributed by atoms with E-state index in [9.17, 15) is 4.79 Å². The van der Waals surface area contributed by atoms with Gasteiger partial charge in [0, 0.05) is 24.5 Å². The zero-order valence-electron chi connectivity index (χ0n) is 14.0. The van der Waals surface area contributed by atoms with Crippen molar-refractivity contribution in [3.63, 3.8) is 0 Å². The zero-order chi connectivity index (χ0) is 16.2. The quantitative estimate of drug-likeness (QED) is 0.919. The number of carbonyl (C=O) groups excluding carboxylic acids is 1. The smallest absolute Gasteiger partial charge is 0.317 e. The molecule has 0 radical (unpaired) electrons. The molecule has 3 rings (SSSR count). The third kappa shape index (κ3) is 4.25. The highest BCUT2D eigenvalue weighted by atomic mass is 32.1. The molecule has 2 amide bonds. The third-order valence-electron chi connectivity index (χ3n) is 4.61. The maximum atomic E-state index is 12.5. The topological polar surface area (TPSA) is 44.8 Å². The first kappa shape index (κ1) is 16.7. The van der Waals surface area contributed by atoms with Crippen molar-refractivity contribution in [1.29, 1.82) is 0 Å². The lowest BCUT2D eigenvalue weighted by Crippen LogP contribution is -2.52. The van der Waals surface area contributed by atoms with Gasteiger partial charge in [0.2, 0.25) is 0 Å². The normalized spacial score (nSPS) is 27.1. The maximum absolute atomic E-state index is 12.5. The van der Waals surface area contributed by atoms with Gasteiger partial charge < -0.3 is 15.0 Å². The maximum Gasteiger partial charge on any atom is 0.317 e. The summed E-state index contributed by atoms with van der Waals surface area (Å²) in [6.07, 6.45) is 2.73. The first-order valence-electron chi connectivity index (χ1n) is 8.59. The lowest BCUT2D eigenvalue weighted by molar-refractivity contribution is -0.0546. The molecule has 2 aliphatic heterocycles. The minimum absolute atomic E-state index is 0.0350. The Kier molecular flexibility index (Phi) is 5.56. The molecule has 2 fully saturated rings. The van der Waals surface area contributed by atoms with E-state index in [-0.39, 0.29) is 18.2 Å². The van der Waals surface area contributed by atoms with Crippen LogP contribution in [0.5, 0.6) is 0 Å². The zero-order valence-corrected chi connectivity index (χ0v) is 14.8. The van der Waals surface area contributed by atoms with Crippen LogP contribution in [0, 0.1) is 0 Å². The SMILES string of the molecule is C[C@@H]1CN(C(=O)NC[C@@H](c2cccs2)N2CCCC2)C[C@@H](C)O1. The van der Waals surface area contributed by atoms with Crippen molar-refractivity contribution in [3.05, 3.63) is 22.4 Å². The third-order valence-corrected chi connectivity index (χ3v) is 5.58. The Bertz CT molecular complexity index is 492. The van der Waals surface area contributed by atoms with Crippen LogP contribution in [-0.2, 0) is 4.74 Å². The molecule has 5 nitrogen and oxygen atoms in total. The lowest BCUT2D eigenvalue weighted by Gasteiger charge is -2.36. The second-order valence-corrected chi connectivity index (χ2v) is 7.60. The number of urea groups is 1. The van der Waals surface area contributed by atoms with Crippen molar-refractivity contribution in [2.75, 3.05) is 32.7 Å². The van der Waals surface area contributed by atoms with Gasteiger partial charge in [0.05, 0.1) is 18.2 Å². The van der Waals surface area contributed by atoms with Crippen LogP contribution in [-0.4, -0.2) is 60.8 Å². The van der Waals surface area contributed by atoms with E-state index in [1.807, 2.05) is 18.7 Å². The number of carbonyl (C=O) groups is 1. The standard InChI is InChI=1S/C17H27N3O2S/c1-13-11-20(12-14(2)22-13)17(21)18-10-15(16-6-5-9-23-16)19-7-3-4-8-19/h5-6,9,13-15H,3-4,7-8,10-12H2,1-2H3,(H,18,21)/t13-,14-,15+/m1/s1. The molecule has 2 saturated heterocycles. The Hall–Kier alpha value is -1.11. The summed E-state index contributed by atoms with van der Waals surface area (Å²) in [6, 6.07) is 4.61. The van der Waals surface area contributed by atoms with Crippen molar-refractivity contribution >= 4 is 17.4 Å². The highest BCUT2D eigenvalue weighted by Gasteiger charge is 2.28. The van der Waals surface area contributed by atoms with E-state index >= 15 is 0 Å². The molecule has 0 aliphatic carbocycles. The van der Waals surface area contributed by atoms with Gasteiger partial charge in [-0.2, -0.15) is 0 Å². The summed E-state index contributed by atoms with van der Waals surface area (Å²) in [5, 5.41) is 5.27. The number of hydrogen-bond acceptors (Lipinski definition) is 4. The van der Waals surface area contributed by atoms with Gasteiger partial charge in [0.15, 0.2) is 0 Å². The predicted octanol–water partition coefficient (Wildman–Crippen LogP) is 2.70. The van der Waals surface area contributed by atoms with Gasteiger partial charge in [-0.05, 0) is 51.2 Å². The molecular formula is C17H27N3O2S. The van der Waals surface area contributed by atoms with Gasteiger partial charge in [-0.1, -0.05) is 6.07 Å². The fourth-order valence-electron chi connectivity index (χ4n) is 3.58. The molecule has 0 aromatic carbocycles. The second-order valence-electron chi connectivity index (χ2n) is 6.62. The number of nitrogens with one attached hydrogen (secondary N) is 1. The largest absolute Gasteiger partial charge is 0.372 e. The van der Waals surface area contributed by atoms with Crippen LogP contribution in [0.1, 0.15) is 37.6 Å². The molecule has 0 unspecified atom stereocenters. The Labute approximate surface area is 142 Å². The highest BCUT2D eigenvalue weighted by Crippen LogP contribution is 2.27. The molecule has 3 heterocycles. The van der Waals surface area contributed by atoms with Gasteiger partial charge in [-0.15, -0.1) is 11.3 Å². The van der Waals surface area contributed by atoms with Gasteiger partial charge in [-0.3, -0.25) is 4.90 Å². The first-order valence-corrected chi connectivity index (χ1v) is 9.47. The summed E-state index contributed by atoms with van der Waals surface area (Å²) in [4.78, 5) is 18.2. The first-order chi connectivity index (χ1) is 11.1. The molecule has 2 aliphatic rings. The minimum atomic E-state index is 0.0350. The Morgan fingerprint density at radius 1 is 1.35 bits per heavy atom. The van der Waals surface area contributed by atoms with E-state index in [4.69, 9.17) is 4.74 Å². The van der Waals surface area contributed by atoms with E-state index < -0.39 is 0 Å². The van der Waals surface area contributed by atoms with Crippen LogP contribution >= 0.6 is 11.3 Å². The van der Waals surface area contributed by atoms with E-state index in [0.717, 1.165) is 13.1 Å². The number of ether oxygens (including phenoxy) is 1. The fraction of sp³-hybridized carbons (Fsp3) is 0.706. The lowest BCUT2D eigenvalue weighted by atomic mass is 10.2. The van der Waals surface area contributed by atoms with Crippen molar-refractivity contribution in [1.82, 2.24) is 15.1 Å². The van der Waals surface area contributed by atoms with E-state index in [2.05, 4.69) is 27.7 Å². The Balaban J connectivity index is 1.58. The molecule has 1 aromatic rings. The molecular weight excluding hydrogens is 310 g/mol. The predicted molar refractivity (Wildman–Crippen MR) is 92.8 cm³/mol. The van der Waals surface area contributed by atoms with E-state index in [0.29, 0.717) is 25.7 Å². The number of likely N-dealkylation sites (tertiary alicyclic amines) is 1. The summed E-state index contributed by atoms with van der Waals surface area (Å²) in [6.45, 7) is 8.32. The molecule has 0 bridgehead atoms. The van der Waals surface area contributed by atoms with Crippen LogP contribution in [0.4, 0.5) is 4.79 Å². The van der Waals surface area contributed by atoms with Crippen molar-refractivity contribution < 1.29 is 9.53 Å². The molecule has 6 heteroatoms. The number of morpholine rings is 1. The highest BCUT2D eigenvalue weighted by molar-refractivity contribution is 7.10. The molecule has 1 aromatic heterocycles. The van der Waals surface area contributed by atoms with Gasteiger partial charge in [-0.25, -0.2) is 4.79 Å². The van der Waals surface area contributed by atoms with Gasteiger partial charge >= 0.3 is 6.03 Å². The van der Waals surface area contributed by atoms with Crippen LogP contribution in [0.15, 0.2) is 17.5 Å². The van der Waals surface area contributed by atoms with E-state index in [1.54, 1.807) is 11.3 Å². The summed E-state index contributed by atoms with van der Waals surface area (Å²) in [5.74, 6) is 0. The summed E-state index contributed by atoms with van der Waals surface area (Å²) >= 11 is 1.78. The van der Waals surface area contributed by atoms with Crippen molar-refractivity contribution in [2.45, 2.75) is 44.9 Å². The molecule has 128 valence electrons. The minimum Gasteiger partial charge on any atom is -0.372 e. The van der Waals surface area contributed by atoms with Gasteiger partial charge in [0.1, 0.15) is 0 Å². The molecule has 0 spiro atoms.